The fraction of sp³-hybridized carbons (Fsp3) is 0.316. The van der Waals surface area contributed by atoms with E-state index in [-0.39, 0.29) is 23.1 Å². The van der Waals surface area contributed by atoms with Crippen LogP contribution in [-0.4, -0.2) is 66.0 Å². The van der Waals surface area contributed by atoms with Gasteiger partial charge in [-0.25, -0.2) is 4.79 Å². The Labute approximate surface area is 160 Å². The van der Waals surface area contributed by atoms with E-state index in [0.29, 0.717) is 36.8 Å². The maximum absolute atomic E-state index is 12.5. The van der Waals surface area contributed by atoms with E-state index in [1.807, 2.05) is 24.3 Å². The standard InChI is InChI=1S/C19H20N2O5S/c1-26-14-4-2-3-13(11-14)12-17(22)20-7-9-21(10-8-20)18(23)15-5-6-16(27-15)19(24)25/h2-6,11H,7-10,12H2,1H3,(H,24,25). The number of methoxy groups -OCH3 is 1. The Morgan fingerprint density at radius 3 is 2.33 bits per heavy atom. The van der Waals surface area contributed by atoms with Gasteiger partial charge in [0.1, 0.15) is 10.6 Å². The van der Waals surface area contributed by atoms with Crippen molar-refractivity contribution in [3.63, 3.8) is 0 Å². The van der Waals surface area contributed by atoms with E-state index in [0.717, 1.165) is 16.9 Å². The zero-order valence-corrected chi connectivity index (χ0v) is 15.7. The molecule has 1 aromatic heterocycles. The molecule has 1 aliphatic rings. The second kappa shape index (κ2) is 8.22. The Bertz CT molecular complexity index is 855. The molecule has 2 amide bonds. The van der Waals surface area contributed by atoms with Crippen molar-refractivity contribution < 1.29 is 24.2 Å². The van der Waals surface area contributed by atoms with Crippen LogP contribution in [0.1, 0.15) is 24.9 Å². The number of nitrogens with zero attached hydrogens (tertiary/aromatic N) is 2. The van der Waals surface area contributed by atoms with E-state index in [4.69, 9.17) is 9.84 Å². The minimum atomic E-state index is -1.04. The highest BCUT2D eigenvalue weighted by atomic mass is 32.1. The summed E-state index contributed by atoms with van der Waals surface area (Å²) in [6, 6.07) is 10.4. The topological polar surface area (TPSA) is 87.2 Å². The Kier molecular flexibility index (Phi) is 5.75. The van der Waals surface area contributed by atoms with E-state index >= 15 is 0 Å². The molecule has 3 rings (SSSR count). The van der Waals surface area contributed by atoms with E-state index < -0.39 is 5.97 Å². The summed E-state index contributed by atoms with van der Waals surface area (Å²) in [5.74, 6) is -0.494. The van der Waals surface area contributed by atoms with Gasteiger partial charge in [0, 0.05) is 26.2 Å². The molecule has 1 saturated heterocycles. The molecule has 27 heavy (non-hydrogen) atoms. The normalized spacial score (nSPS) is 14.1. The van der Waals surface area contributed by atoms with Gasteiger partial charge >= 0.3 is 5.97 Å². The lowest BCUT2D eigenvalue weighted by Gasteiger charge is -2.34. The number of hydrogen-bond acceptors (Lipinski definition) is 5. The van der Waals surface area contributed by atoms with E-state index in [2.05, 4.69) is 0 Å². The predicted molar refractivity (Wildman–Crippen MR) is 100 cm³/mol. The molecular weight excluding hydrogens is 368 g/mol. The van der Waals surface area contributed by atoms with Gasteiger partial charge in [-0.15, -0.1) is 11.3 Å². The zero-order chi connectivity index (χ0) is 19.4. The first-order chi connectivity index (χ1) is 13.0. The van der Waals surface area contributed by atoms with Crippen molar-refractivity contribution in [2.45, 2.75) is 6.42 Å². The summed E-state index contributed by atoms with van der Waals surface area (Å²) < 4.78 is 5.18. The number of carboxylic acids is 1. The zero-order valence-electron chi connectivity index (χ0n) is 14.9. The number of thiophene rings is 1. The molecule has 8 heteroatoms. The SMILES string of the molecule is COc1cccc(CC(=O)N2CCN(C(=O)c3ccc(C(=O)O)s3)CC2)c1. The van der Waals surface area contributed by atoms with E-state index in [1.54, 1.807) is 16.9 Å². The summed E-state index contributed by atoms with van der Waals surface area (Å²) in [5, 5.41) is 8.97. The van der Waals surface area contributed by atoms with Crippen LogP contribution in [0.5, 0.6) is 5.75 Å². The first-order valence-electron chi connectivity index (χ1n) is 8.51. The average Bonchev–Trinajstić information content (AvgIpc) is 3.18. The lowest BCUT2D eigenvalue weighted by atomic mass is 10.1. The summed E-state index contributed by atoms with van der Waals surface area (Å²) in [5.41, 5.74) is 0.887. The van der Waals surface area contributed by atoms with Gasteiger partial charge in [0.25, 0.3) is 5.91 Å². The lowest BCUT2D eigenvalue weighted by molar-refractivity contribution is -0.131. The molecule has 142 valence electrons. The number of carbonyl (C=O) groups is 3. The highest BCUT2D eigenvalue weighted by Gasteiger charge is 2.26. The molecule has 0 radical (unpaired) electrons. The number of hydrogen-bond donors (Lipinski definition) is 1. The summed E-state index contributed by atoms with van der Waals surface area (Å²) in [7, 11) is 1.59. The largest absolute Gasteiger partial charge is 0.497 e. The molecule has 1 aromatic carbocycles. The summed E-state index contributed by atoms with van der Waals surface area (Å²) in [6.45, 7) is 1.80. The van der Waals surface area contributed by atoms with Crippen molar-refractivity contribution in [1.29, 1.82) is 0 Å². The molecular formula is C19H20N2O5S. The third kappa shape index (κ3) is 4.46. The number of carbonyl (C=O) groups excluding carboxylic acids is 2. The molecule has 7 nitrogen and oxygen atoms in total. The number of benzene rings is 1. The molecule has 0 bridgehead atoms. The highest BCUT2D eigenvalue weighted by Crippen LogP contribution is 2.20. The van der Waals surface area contributed by atoms with E-state index in [9.17, 15) is 14.4 Å². The van der Waals surface area contributed by atoms with Crippen molar-refractivity contribution in [2.75, 3.05) is 33.3 Å². The molecule has 0 atom stereocenters. The van der Waals surface area contributed by atoms with Crippen LogP contribution < -0.4 is 4.74 Å². The van der Waals surface area contributed by atoms with Crippen LogP contribution >= 0.6 is 11.3 Å². The van der Waals surface area contributed by atoms with Crippen LogP contribution in [0.25, 0.3) is 0 Å². The number of aromatic carboxylic acids is 1. The maximum atomic E-state index is 12.5. The Balaban J connectivity index is 1.55. The first kappa shape index (κ1) is 18.9. The maximum Gasteiger partial charge on any atom is 0.345 e. The van der Waals surface area contributed by atoms with Crippen LogP contribution in [0.2, 0.25) is 0 Å². The van der Waals surface area contributed by atoms with Gasteiger partial charge in [0.15, 0.2) is 0 Å². The van der Waals surface area contributed by atoms with Crippen LogP contribution in [0.15, 0.2) is 36.4 Å². The number of rotatable bonds is 5. The second-order valence-electron chi connectivity index (χ2n) is 6.17. The number of amides is 2. The summed E-state index contributed by atoms with van der Waals surface area (Å²) in [6.07, 6.45) is 0.290. The molecule has 0 aliphatic carbocycles. The van der Waals surface area contributed by atoms with Gasteiger partial charge < -0.3 is 19.6 Å². The molecule has 0 unspecified atom stereocenters. The molecule has 2 heterocycles. The monoisotopic (exact) mass is 388 g/mol. The van der Waals surface area contributed by atoms with Crippen molar-refractivity contribution in [1.82, 2.24) is 9.80 Å². The average molecular weight is 388 g/mol. The Morgan fingerprint density at radius 1 is 1.04 bits per heavy atom. The van der Waals surface area contributed by atoms with Gasteiger partial charge in [-0.2, -0.15) is 0 Å². The highest BCUT2D eigenvalue weighted by molar-refractivity contribution is 7.15. The molecule has 0 saturated carbocycles. The third-order valence-corrected chi connectivity index (χ3v) is 5.50. The molecule has 1 fully saturated rings. The van der Waals surface area contributed by atoms with E-state index in [1.165, 1.54) is 12.1 Å². The third-order valence-electron chi connectivity index (χ3n) is 4.44. The Morgan fingerprint density at radius 2 is 1.70 bits per heavy atom. The predicted octanol–water partition coefficient (Wildman–Crippen LogP) is 1.98. The van der Waals surface area contributed by atoms with Crippen LogP contribution in [0.4, 0.5) is 0 Å². The van der Waals surface area contributed by atoms with Crippen molar-refractivity contribution in [3.8, 4) is 5.75 Å². The first-order valence-corrected chi connectivity index (χ1v) is 9.32. The van der Waals surface area contributed by atoms with Gasteiger partial charge in [0.05, 0.1) is 18.4 Å². The van der Waals surface area contributed by atoms with Gasteiger partial charge in [-0.3, -0.25) is 9.59 Å². The minimum absolute atomic E-state index is 0.0136. The number of carboxylic acid groups (broad SMARTS) is 1. The van der Waals surface area contributed by atoms with Crippen molar-refractivity contribution >= 4 is 29.1 Å². The van der Waals surface area contributed by atoms with Crippen molar-refractivity contribution in [2.24, 2.45) is 0 Å². The quantitative estimate of drug-likeness (QED) is 0.846. The number of ether oxygens (including phenoxy) is 1. The van der Waals surface area contributed by atoms with Gasteiger partial charge in [0.2, 0.25) is 5.91 Å². The smallest absolute Gasteiger partial charge is 0.345 e. The molecule has 1 N–H and O–H groups in total. The minimum Gasteiger partial charge on any atom is -0.497 e. The van der Waals surface area contributed by atoms with Crippen LogP contribution in [0.3, 0.4) is 0 Å². The summed E-state index contributed by atoms with van der Waals surface area (Å²) in [4.78, 5) is 39.9. The fourth-order valence-electron chi connectivity index (χ4n) is 2.95. The van der Waals surface area contributed by atoms with Gasteiger partial charge in [-0.05, 0) is 29.8 Å². The summed E-state index contributed by atoms with van der Waals surface area (Å²) >= 11 is 0.972. The molecule has 0 spiro atoms. The second-order valence-corrected chi connectivity index (χ2v) is 7.25. The van der Waals surface area contributed by atoms with Crippen LogP contribution in [0, 0.1) is 0 Å². The fourth-order valence-corrected chi connectivity index (χ4v) is 3.76. The lowest BCUT2D eigenvalue weighted by Crippen LogP contribution is -2.50. The van der Waals surface area contributed by atoms with Crippen LogP contribution in [-0.2, 0) is 11.2 Å². The number of piperazine rings is 1. The van der Waals surface area contributed by atoms with Crippen molar-refractivity contribution in [3.05, 3.63) is 51.7 Å². The molecule has 1 aliphatic heterocycles. The Hall–Kier alpha value is -2.87. The molecule has 2 aromatic rings. The van der Waals surface area contributed by atoms with Gasteiger partial charge in [-0.1, -0.05) is 12.1 Å².